The van der Waals surface area contributed by atoms with Crippen LogP contribution in [-0.2, 0) is 6.18 Å². The lowest BCUT2D eigenvalue weighted by Gasteiger charge is -2.13. The molecule has 1 fully saturated rings. The molecule has 0 spiro atoms. The summed E-state index contributed by atoms with van der Waals surface area (Å²) in [4.78, 5) is 7.40. The van der Waals surface area contributed by atoms with Gasteiger partial charge in [-0.05, 0) is 47.0 Å². The largest absolute Gasteiger partial charge is 0.419 e. The predicted molar refractivity (Wildman–Crippen MR) is 96.4 cm³/mol. The summed E-state index contributed by atoms with van der Waals surface area (Å²) >= 11 is 3.07. The van der Waals surface area contributed by atoms with E-state index in [0.29, 0.717) is 16.3 Å². The van der Waals surface area contributed by atoms with Crippen molar-refractivity contribution in [2.45, 2.75) is 44.3 Å². The number of alkyl halides is 5. The van der Waals surface area contributed by atoms with Crippen LogP contribution < -0.4 is 11.1 Å². The molecule has 0 unspecified atom stereocenters. The van der Waals surface area contributed by atoms with Crippen LogP contribution in [-0.4, -0.2) is 16.0 Å². The molecule has 1 aliphatic carbocycles. The van der Waals surface area contributed by atoms with Crippen LogP contribution in [0.4, 0.5) is 33.6 Å². The van der Waals surface area contributed by atoms with E-state index in [1.807, 2.05) is 0 Å². The number of nitrogen functional groups attached to an aromatic ring is 1. The summed E-state index contributed by atoms with van der Waals surface area (Å²) in [7, 11) is 0. The van der Waals surface area contributed by atoms with E-state index in [2.05, 4.69) is 31.2 Å². The van der Waals surface area contributed by atoms with Gasteiger partial charge in [-0.15, -0.1) is 0 Å². The number of nitrogens with one attached hydrogen (secondary N) is 1. The van der Waals surface area contributed by atoms with Gasteiger partial charge in [0.15, 0.2) is 0 Å². The van der Waals surface area contributed by atoms with Gasteiger partial charge in [0, 0.05) is 28.5 Å². The molecule has 2 aromatic rings. The Hall–Kier alpha value is -1.97. The normalized spacial score (nSPS) is 14.8. The van der Waals surface area contributed by atoms with Crippen molar-refractivity contribution in [1.82, 2.24) is 9.97 Å². The third-order valence-electron chi connectivity index (χ3n) is 3.97. The van der Waals surface area contributed by atoms with Crippen molar-refractivity contribution in [2.24, 2.45) is 0 Å². The van der Waals surface area contributed by atoms with Crippen LogP contribution in [0, 0.1) is 0 Å². The van der Waals surface area contributed by atoms with Gasteiger partial charge in [0.2, 0.25) is 0 Å². The standard InChI is InChI=1S/C11H13BrF2N2.C6H5F3N2/c12-9-6-15-10(5-8(9)11(13)14)16-7-3-1-2-4-7;7-6(8,9)4-2-1-3-11-5(4)10/h5-7,11H,1-4H2,(H,15,16);1-3H,(H2,10,11). The van der Waals surface area contributed by atoms with Gasteiger partial charge in [-0.2, -0.15) is 13.2 Å². The van der Waals surface area contributed by atoms with Crippen LogP contribution >= 0.6 is 15.9 Å². The molecule has 1 aliphatic rings. The van der Waals surface area contributed by atoms with Gasteiger partial charge in [0.25, 0.3) is 6.43 Å². The zero-order chi connectivity index (χ0) is 20.0. The highest BCUT2D eigenvalue weighted by molar-refractivity contribution is 9.10. The summed E-state index contributed by atoms with van der Waals surface area (Å²) in [5.41, 5.74) is 4.08. The lowest BCUT2D eigenvalue weighted by atomic mass is 10.2. The molecule has 0 bridgehead atoms. The number of pyridine rings is 2. The van der Waals surface area contributed by atoms with Gasteiger partial charge in [0.1, 0.15) is 11.6 Å². The Bertz CT molecular complexity index is 748. The predicted octanol–water partition coefficient (Wildman–Crippen LogP) is 5.82. The van der Waals surface area contributed by atoms with Gasteiger partial charge >= 0.3 is 6.18 Å². The molecular weight excluding hydrogens is 435 g/mol. The Kier molecular flexibility index (Phi) is 7.34. The van der Waals surface area contributed by atoms with E-state index in [9.17, 15) is 22.0 Å². The molecule has 0 aromatic carbocycles. The maximum absolute atomic E-state index is 12.6. The second kappa shape index (κ2) is 9.29. The fourth-order valence-corrected chi connectivity index (χ4v) is 3.03. The summed E-state index contributed by atoms with van der Waals surface area (Å²) in [5.74, 6) is 0.0606. The van der Waals surface area contributed by atoms with Crippen LogP contribution in [0.25, 0.3) is 0 Å². The van der Waals surface area contributed by atoms with Crippen molar-refractivity contribution in [2.75, 3.05) is 11.1 Å². The molecule has 3 rings (SSSR count). The monoisotopic (exact) mass is 452 g/mol. The number of aromatic nitrogens is 2. The minimum Gasteiger partial charge on any atom is -0.383 e. The molecule has 0 saturated heterocycles. The molecular formula is C17H18BrF5N4. The quantitative estimate of drug-likeness (QED) is 0.575. The minimum atomic E-state index is -4.40. The average molecular weight is 453 g/mol. The van der Waals surface area contributed by atoms with Crippen LogP contribution in [0.15, 0.2) is 35.1 Å². The lowest BCUT2D eigenvalue weighted by molar-refractivity contribution is -0.137. The second-order valence-corrected chi connectivity index (χ2v) is 6.81. The van der Waals surface area contributed by atoms with Crippen molar-refractivity contribution in [3.05, 3.63) is 46.2 Å². The molecule has 27 heavy (non-hydrogen) atoms. The third kappa shape index (κ3) is 6.30. The zero-order valence-electron chi connectivity index (χ0n) is 14.1. The summed E-state index contributed by atoms with van der Waals surface area (Å²) in [6.45, 7) is 0. The van der Waals surface area contributed by atoms with Crippen LogP contribution in [0.1, 0.15) is 43.2 Å². The minimum absolute atomic E-state index is 0.00417. The average Bonchev–Trinajstić information content (AvgIpc) is 3.09. The first-order valence-corrected chi connectivity index (χ1v) is 8.95. The highest BCUT2D eigenvalue weighted by atomic mass is 79.9. The third-order valence-corrected chi connectivity index (χ3v) is 4.63. The molecule has 4 nitrogen and oxygen atoms in total. The van der Waals surface area contributed by atoms with Gasteiger partial charge in [-0.1, -0.05) is 12.8 Å². The van der Waals surface area contributed by atoms with Crippen molar-refractivity contribution in [3.8, 4) is 0 Å². The first kappa shape index (κ1) is 21.3. The van der Waals surface area contributed by atoms with E-state index >= 15 is 0 Å². The first-order chi connectivity index (χ1) is 12.7. The number of rotatable bonds is 3. The van der Waals surface area contributed by atoms with Gasteiger partial charge < -0.3 is 11.1 Å². The van der Waals surface area contributed by atoms with Crippen LogP contribution in [0.5, 0.6) is 0 Å². The molecule has 0 aliphatic heterocycles. The molecule has 2 heterocycles. The van der Waals surface area contributed by atoms with Gasteiger partial charge in [0.05, 0.1) is 5.56 Å². The Balaban J connectivity index is 0.000000208. The van der Waals surface area contributed by atoms with Crippen molar-refractivity contribution >= 4 is 27.6 Å². The molecule has 3 N–H and O–H groups in total. The van der Waals surface area contributed by atoms with Crippen LogP contribution in [0.3, 0.4) is 0 Å². The number of anilines is 2. The highest BCUT2D eigenvalue weighted by Gasteiger charge is 2.33. The summed E-state index contributed by atoms with van der Waals surface area (Å²) in [5, 5.41) is 3.20. The van der Waals surface area contributed by atoms with Gasteiger partial charge in [-0.3, -0.25) is 0 Å². The molecule has 0 amide bonds. The Morgan fingerprint density at radius 3 is 2.37 bits per heavy atom. The van der Waals surface area contributed by atoms with Crippen molar-refractivity contribution in [1.29, 1.82) is 0 Å². The number of nitrogens with two attached hydrogens (primary N) is 1. The van der Waals surface area contributed by atoms with Crippen molar-refractivity contribution < 1.29 is 22.0 Å². The van der Waals surface area contributed by atoms with Gasteiger partial charge in [-0.25, -0.2) is 18.7 Å². The fraction of sp³-hybridized carbons (Fsp3) is 0.412. The Labute approximate surface area is 161 Å². The van der Waals surface area contributed by atoms with E-state index in [0.717, 1.165) is 18.9 Å². The fourth-order valence-electron chi connectivity index (χ4n) is 2.64. The summed E-state index contributed by atoms with van der Waals surface area (Å²) in [6.07, 6.45) is 0.373. The smallest absolute Gasteiger partial charge is 0.383 e. The lowest BCUT2D eigenvalue weighted by Crippen LogP contribution is -2.15. The Morgan fingerprint density at radius 1 is 1.19 bits per heavy atom. The first-order valence-electron chi connectivity index (χ1n) is 8.16. The van der Waals surface area contributed by atoms with Crippen LogP contribution in [0.2, 0.25) is 0 Å². The molecule has 10 heteroatoms. The molecule has 0 atom stereocenters. The SMILES string of the molecule is FC(F)c1cc(NC2CCCC2)ncc1Br.Nc1ncccc1C(F)(F)F. The Morgan fingerprint density at radius 2 is 1.85 bits per heavy atom. The van der Waals surface area contributed by atoms with E-state index < -0.39 is 24.0 Å². The van der Waals surface area contributed by atoms with E-state index in [1.165, 1.54) is 37.4 Å². The second-order valence-electron chi connectivity index (χ2n) is 5.95. The number of hydrogen-bond donors (Lipinski definition) is 2. The number of halogens is 6. The highest BCUT2D eigenvalue weighted by Crippen LogP contribution is 2.32. The van der Waals surface area contributed by atoms with Crippen molar-refractivity contribution in [3.63, 3.8) is 0 Å². The number of nitrogens with zero attached hydrogens (tertiary/aromatic N) is 2. The van der Waals surface area contributed by atoms with E-state index in [4.69, 9.17) is 5.73 Å². The zero-order valence-corrected chi connectivity index (χ0v) is 15.7. The molecule has 2 aromatic heterocycles. The maximum Gasteiger partial charge on any atom is 0.419 e. The summed E-state index contributed by atoms with van der Waals surface area (Å²) in [6, 6.07) is 3.90. The van der Waals surface area contributed by atoms with E-state index in [-0.39, 0.29) is 5.56 Å². The van der Waals surface area contributed by atoms with E-state index in [1.54, 1.807) is 0 Å². The topological polar surface area (TPSA) is 63.8 Å². The molecule has 148 valence electrons. The maximum atomic E-state index is 12.6. The molecule has 0 radical (unpaired) electrons. The number of hydrogen-bond acceptors (Lipinski definition) is 4. The molecule has 1 saturated carbocycles. The summed E-state index contributed by atoms with van der Waals surface area (Å²) < 4.78 is 61.4.